The second-order valence-electron chi connectivity index (χ2n) is 5.13. The molecule has 0 saturated carbocycles. The summed E-state index contributed by atoms with van der Waals surface area (Å²) in [4.78, 5) is 11.5. The quantitative estimate of drug-likeness (QED) is 0.842. The third kappa shape index (κ3) is 2.59. The van der Waals surface area contributed by atoms with Crippen LogP contribution in [0.5, 0.6) is 0 Å². The van der Waals surface area contributed by atoms with Gasteiger partial charge in [0.1, 0.15) is 16.9 Å². The smallest absolute Gasteiger partial charge is 0.224 e. The molecule has 0 bridgehead atoms. The van der Waals surface area contributed by atoms with Gasteiger partial charge in [0, 0.05) is 12.1 Å². The lowest BCUT2D eigenvalue weighted by Crippen LogP contribution is -2.09. The number of furan rings is 1. The number of amides is 1. The molecule has 1 aromatic carbocycles. The van der Waals surface area contributed by atoms with Gasteiger partial charge >= 0.3 is 0 Å². The van der Waals surface area contributed by atoms with E-state index >= 15 is 0 Å². The first kappa shape index (κ1) is 13.3. The van der Waals surface area contributed by atoms with E-state index in [1.54, 1.807) is 0 Å². The highest BCUT2D eigenvalue weighted by Crippen LogP contribution is 2.33. The van der Waals surface area contributed by atoms with Gasteiger partial charge in [-0.1, -0.05) is 12.1 Å². The van der Waals surface area contributed by atoms with Crippen LogP contribution in [-0.4, -0.2) is 5.91 Å². The summed E-state index contributed by atoms with van der Waals surface area (Å²) in [6, 6.07) is 9.75. The molecular weight excluding hydrogens is 274 g/mol. The van der Waals surface area contributed by atoms with Crippen LogP contribution >= 0.6 is 11.6 Å². The zero-order chi connectivity index (χ0) is 14.1. The van der Waals surface area contributed by atoms with Crippen molar-refractivity contribution in [2.45, 2.75) is 31.6 Å². The van der Waals surface area contributed by atoms with E-state index in [0.717, 1.165) is 41.2 Å². The van der Waals surface area contributed by atoms with Gasteiger partial charge < -0.3 is 9.73 Å². The molecule has 0 radical (unpaired) electrons. The number of halogens is 1. The predicted octanol–water partition coefficient (Wildman–Crippen LogP) is 4.19. The van der Waals surface area contributed by atoms with Gasteiger partial charge in [0.05, 0.1) is 0 Å². The maximum absolute atomic E-state index is 11.5. The van der Waals surface area contributed by atoms with Gasteiger partial charge in [-0.25, -0.2) is 0 Å². The Morgan fingerprint density at radius 1 is 1.25 bits per heavy atom. The molecule has 20 heavy (non-hydrogen) atoms. The van der Waals surface area contributed by atoms with Gasteiger partial charge in [-0.05, 0) is 49.1 Å². The molecule has 0 fully saturated rings. The van der Waals surface area contributed by atoms with Crippen LogP contribution in [0.2, 0.25) is 0 Å². The van der Waals surface area contributed by atoms with Gasteiger partial charge in [0.2, 0.25) is 5.91 Å². The Morgan fingerprint density at radius 2 is 2.10 bits per heavy atom. The Bertz CT molecular complexity index is 648. The highest BCUT2D eigenvalue weighted by atomic mass is 35.5. The average molecular weight is 290 g/mol. The topological polar surface area (TPSA) is 42.2 Å². The van der Waals surface area contributed by atoms with E-state index in [0.29, 0.717) is 6.42 Å². The van der Waals surface area contributed by atoms with Gasteiger partial charge in [-0.3, -0.25) is 4.79 Å². The molecule has 2 aromatic rings. The van der Waals surface area contributed by atoms with E-state index in [1.165, 1.54) is 0 Å². The molecule has 3 nitrogen and oxygen atoms in total. The molecule has 4 heteroatoms. The van der Waals surface area contributed by atoms with Crippen LogP contribution in [0.15, 0.2) is 34.7 Å². The van der Waals surface area contributed by atoms with Crippen LogP contribution in [0, 0.1) is 6.92 Å². The molecular formula is C16H16ClNO2. The maximum Gasteiger partial charge on any atom is 0.224 e. The van der Waals surface area contributed by atoms with Crippen LogP contribution in [0.4, 0.5) is 5.69 Å². The summed E-state index contributed by atoms with van der Waals surface area (Å²) >= 11 is 6.48. The molecule has 3 rings (SSSR count). The number of rotatable bonds is 2. The molecule has 0 saturated heterocycles. The molecule has 1 amide bonds. The number of alkyl halides is 1. The SMILES string of the molecule is Cc1ccc(C(Cl)c2ccc3c(c2)CCCC(=O)N3)o1. The molecule has 1 unspecified atom stereocenters. The highest BCUT2D eigenvalue weighted by Gasteiger charge is 2.18. The molecule has 1 aliphatic heterocycles. The van der Waals surface area contributed by atoms with E-state index in [2.05, 4.69) is 11.4 Å². The van der Waals surface area contributed by atoms with E-state index in [-0.39, 0.29) is 11.3 Å². The summed E-state index contributed by atoms with van der Waals surface area (Å²) in [6.07, 6.45) is 2.34. The summed E-state index contributed by atoms with van der Waals surface area (Å²) in [5.74, 6) is 1.69. The Hall–Kier alpha value is -1.74. The van der Waals surface area contributed by atoms with Crippen LogP contribution in [0.3, 0.4) is 0 Å². The van der Waals surface area contributed by atoms with Crippen LogP contribution in [0.25, 0.3) is 0 Å². The number of aryl methyl sites for hydroxylation is 2. The minimum atomic E-state index is -0.298. The molecule has 2 heterocycles. The number of anilines is 1. The highest BCUT2D eigenvalue weighted by molar-refractivity contribution is 6.22. The fraction of sp³-hybridized carbons (Fsp3) is 0.312. The number of hydrogen-bond acceptors (Lipinski definition) is 2. The Labute approximate surface area is 122 Å². The lowest BCUT2D eigenvalue weighted by molar-refractivity contribution is -0.116. The first-order valence-electron chi connectivity index (χ1n) is 6.76. The standard InChI is InChI=1S/C16H16ClNO2/c1-10-5-8-14(20-10)16(17)12-6-7-13-11(9-12)3-2-4-15(19)18-13/h5-9,16H,2-4H2,1H3,(H,18,19). The number of hydrogen-bond donors (Lipinski definition) is 1. The van der Waals surface area contributed by atoms with Crippen molar-refractivity contribution in [3.63, 3.8) is 0 Å². The fourth-order valence-corrected chi connectivity index (χ4v) is 2.76. The van der Waals surface area contributed by atoms with Crippen LogP contribution < -0.4 is 5.32 Å². The van der Waals surface area contributed by atoms with E-state index in [4.69, 9.17) is 16.0 Å². The lowest BCUT2D eigenvalue weighted by atomic mass is 10.0. The first-order chi connectivity index (χ1) is 9.63. The van der Waals surface area contributed by atoms with Crippen molar-refractivity contribution in [3.05, 3.63) is 53.0 Å². The number of nitrogens with one attached hydrogen (secondary N) is 1. The monoisotopic (exact) mass is 289 g/mol. The first-order valence-corrected chi connectivity index (χ1v) is 7.20. The molecule has 104 valence electrons. The van der Waals surface area contributed by atoms with Gasteiger partial charge in [-0.15, -0.1) is 11.6 Å². The second kappa shape index (κ2) is 5.33. The maximum atomic E-state index is 11.5. The summed E-state index contributed by atoms with van der Waals surface area (Å²) in [6.45, 7) is 1.90. The minimum Gasteiger partial charge on any atom is -0.464 e. The van der Waals surface area contributed by atoms with Crippen molar-refractivity contribution in [1.82, 2.24) is 0 Å². The zero-order valence-corrected chi connectivity index (χ0v) is 12.0. The summed E-state index contributed by atoms with van der Waals surface area (Å²) in [5.41, 5.74) is 3.04. The summed E-state index contributed by atoms with van der Waals surface area (Å²) < 4.78 is 5.58. The molecule has 0 spiro atoms. The third-order valence-corrected chi connectivity index (χ3v) is 4.02. The van der Waals surface area contributed by atoms with Gasteiger partial charge in [0.25, 0.3) is 0 Å². The summed E-state index contributed by atoms with van der Waals surface area (Å²) in [7, 11) is 0. The number of benzene rings is 1. The van der Waals surface area contributed by atoms with Crippen molar-refractivity contribution in [2.24, 2.45) is 0 Å². The Kier molecular flexibility index (Phi) is 3.53. The predicted molar refractivity (Wildman–Crippen MR) is 79.2 cm³/mol. The second-order valence-corrected chi connectivity index (χ2v) is 5.57. The van der Waals surface area contributed by atoms with E-state index < -0.39 is 0 Å². The van der Waals surface area contributed by atoms with Crippen molar-refractivity contribution >= 4 is 23.2 Å². The average Bonchev–Trinajstić information content (AvgIpc) is 2.77. The minimum absolute atomic E-state index is 0.0839. The zero-order valence-electron chi connectivity index (χ0n) is 11.3. The summed E-state index contributed by atoms with van der Waals surface area (Å²) in [5, 5.41) is 2.63. The normalized spacial score (nSPS) is 16.2. The van der Waals surface area contributed by atoms with Gasteiger partial charge in [-0.2, -0.15) is 0 Å². The molecule has 1 aliphatic rings. The number of carbonyl (C=O) groups excluding carboxylic acids is 1. The fourth-order valence-electron chi connectivity index (χ4n) is 2.51. The van der Waals surface area contributed by atoms with E-state index in [1.807, 2.05) is 31.2 Å². The Morgan fingerprint density at radius 3 is 2.85 bits per heavy atom. The van der Waals surface area contributed by atoms with Crippen molar-refractivity contribution < 1.29 is 9.21 Å². The van der Waals surface area contributed by atoms with Crippen molar-refractivity contribution in [3.8, 4) is 0 Å². The number of fused-ring (bicyclic) bond motifs is 1. The molecule has 1 N–H and O–H groups in total. The largest absolute Gasteiger partial charge is 0.464 e. The third-order valence-electron chi connectivity index (χ3n) is 3.56. The molecule has 0 aliphatic carbocycles. The van der Waals surface area contributed by atoms with Gasteiger partial charge in [0.15, 0.2) is 0 Å². The van der Waals surface area contributed by atoms with E-state index in [9.17, 15) is 4.79 Å². The van der Waals surface area contributed by atoms with Crippen LogP contribution in [-0.2, 0) is 11.2 Å². The number of carbonyl (C=O) groups is 1. The molecule has 1 atom stereocenters. The van der Waals surface area contributed by atoms with Crippen molar-refractivity contribution in [2.75, 3.05) is 5.32 Å². The Balaban J connectivity index is 1.92. The lowest BCUT2D eigenvalue weighted by Gasteiger charge is -2.12. The van der Waals surface area contributed by atoms with Crippen LogP contribution in [0.1, 0.15) is 40.9 Å². The van der Waals surface area contributed by atoms with Crippen molar-refractivity contribution in [1.29, 1.82) is 0 Å². The molecule has 1 aromatic heterocycles.